The van der Waals surface area contributed by atoms with Gasteiger partial charge >= 0.3 is 0 Å². The molecule has 1 fully saturated rings. The molecule has 5 heteroatoms. The summed E-state index contributed by atoms with van der Waals surface area (Å²) in [7, 11) is 0. The fourth-order valence-electron chi connectivity index (χ4n) is 2.40. The summed E-state index contributed by atoms with van der Waals surface area (Å²) in [6, 6.07) is 0.234. The highest BCUT2D eigenvalue weighted by molar-refractivity contribution is 6.21. The van der Waals surface area contributed by atoms with Gasteiger partial charge in [0.25, 0.3) is 0 Å². The van der Waals surface area contributed by atoms with Crippen LogP contribution >= 0.6 is 11.6 Å². The molecule has 1 aliphatic rings. The zero-order valence-electron chi connectivity index (χ0n) is 14.7. The van der Waals surface area contributed by atoms with Crippen molar-refractivity contribution in [1.29, 1.82) is 0 Å². The van der Waals surface area contributed by atoms with E-state index in [4.69, 9.17) is 17.3 Å². The fraction of sp³-hybridized carbons (Fsp3) is 0.706. The largest absolute Gasteiger partial charge is 0.352 e. The summed E-state index contributed by atoms with van der Waals surface area (Å²) in [4.78, 5) is 4.45. The molecular weight excluding hydrogens is 301 g/mol. The average molecular weight is 334 g/mol. The Morgan fingerprint density at radius 3 is 2.32 bits per heavy atom. The third kappa shape index (κ3) is 9.96. The second-order valence-electron chi connectivity index (χ2n) is 5.10. The van der Waals surface area contributed by atoms with Gasteiger partial charge in [0.1, 0.15) is 0 Å². The molecule has 0 aromatic rings. The van der Waals surface area contributed by atoms with Crippen LogP contribution in [0.15, 0.2) is 30.1 Å². The standard InChI is InChI=1S/C13H23ClFN3.C2H6.C2H4/c1-4-12(15)13(17-9(3)14)18-11-6-8(2)5-10(16)7-11;2*1-2/h4,8-11H,5-7,16H2,1-3H3,(H,17,18);1-2H3;1-2H2/b12-4+;;. The monoisotopic (exact) mass is 333 g/mol. The van der Waals surface area contributed by atoms with Gasteiger partial charge in [-0.05, 0) is 45.1 Å². The van der Waals surface area contributed by atoms with Crippen LogP contribution in [0.2, 0.25) is 0 Å². The lowest BCUT2D eigenvalue weighted by atomic mass is 9.84. The molecule has 0 bridgehead atoms. The smallest absolute Gasteiger partial charge is 0.160 e. The van der Waals surface area contributed by atoms with E-state index >= 15 is 0 Å². The molecule has 130 valence electrons. The minimum atomic E-state index is -0.366. The van der Waals surface area contributed by atoms with Crippen molar-refractivity contribution in [3.05, 3.63) is 25.1 Å². The number of rotatable bonds is 3. The summed E-state index contributed by atoms with van der Waals surface area (Å²) in [6.07, 6.45) is 4.17. The van der Waals surface area contributed by atoms with Gasteiger partial charge in [-0.2, -0.15) is 0 Å². The maximum absolute atomic E-state index is 13.7. The molecule has 0 aromatic carbocycles. The highest BCUT2D eigenvalue weighted by Crippen LogP contribution is 2.25. The van der Waals surface area contributed by atoms with Crippen LogP contribution in [0, 0.1) is 5.92 Å². The van der Waals surface area contributed by atoms with Crippen LogP contribution in [-0.2, 0) is 0 Å². The maximum atomic E-state index is 13.7. The van der Waals surface area contributed by atoms with Gasteiger partial charge in [-0.1, -0.05) is 32.4 Å². The molecule has 1 aliphatic carbocycles. The molecular formula is C17H33ClFN3. The van der Waals surface area contributed by atoms with Gasteiger partial charge in [0.05, 0.1) is 11.5 Å². The van der Waals surface area contributed by atoms with Crippen LogP contribution in [0.5, 0.6) is 0 Å². The molecule has 4 atom stereocenters. The lowest BCUT2D eigenvalue weighted by molar-refractivity contribution is 0.309. The number of aliphatic imine (C=N–C) groups is 1. The van der Waals surface area contributed by atoms with Gasteiger partial charge in [-0.3, -0.25) is 4.99 Å². The number of amidine groups is 1. The summed E-state index contributed by atoms with van der Waals surface area (Å²) in [6.45, 7) is 15.5. The normalized spacial score (nSPS) is 26.8. The van der Waals surface area contributed by atoms with E-state index < -0.39 is 0 Å². The van der Waals surface area contributed by atoms with Crippen molar-refractivity contribution in [2.75, 3.05) is 0 Å². The van der Waals surface area contributed by atoms with Gasteiger partial charge in [-0.15, -0.1) is 13.2 Å². The zero-order chi connectivity index (χ0) is 17.7. The molecule has 0 amide bonds. The molecule has 3 nitrogen and oxygen atoms in total. The first-order chi connectivity index (χ1) is 10.4. The van der Waals surface area contributed by atoms with E-state index in [2.05, 4.69) is 30.4 Å². The number of hydrogen-bond donors (Lipinski definition) is 2. The molecule has 1 rings (SSSR count). The van der Waals surface area contributed by atoms with E-state index in [9.17, 15) is 4.39 Å². The van der Waals surface area contributed by atoms with Crippen molar-refractivity contribution in [3.8, 4) is 0 Å². The average Bonchev–Trinajstić information content (AvgIpc) is 2.48. The Morgan fingerprint density at radius 2 is 1.91 bits per heavy atom. The van der Waals surface area contributed by atoms with Crippen LogP contribution < -0.4 is 11.1 Å². The number of nitrogens with zero attached hydrogens (tertiary/aromatic N) is 1. The second kappa shape index (κ2) is 13.8. The van der Waals surface area contributed by atoms with Gasteiger partial charge in [0, 0.05) is 6.04 Å². The SMILES string of the molecule is C/C=C(/F)C(=NC1CC(C)CC(N)C1)NC(C)Cl.C=C.CC. The van der Waals surface area contributed by atoms with Crippen LogP contribution in [-0.4, -0.2) is 23.4 Å². The van der Waals surface area contributed by atoms with E-state index in [1.165, 1.54) is 6.08 Å². The minimum absolute atomic E-state index is 0.0763. The first-order valence-corrected chi connectivity index (χ1v) is 8.42. The Bertz CT molecular complexity index is 333. The minimum Gasteiger partial charge on any atom is -0.352 e. The number of nitrogens with one attached hydrogen (secondary N) is 1. The van der Waals surface area contributed by atoms with Gasteiger partial charge in [0.2, 0.25) is 0 Å². The number of halogens is 2. The van der Waals surface area contributed by atoms with Crippen LogP contribution in [0.1, 0.15) is 53.9 Å². The summed E-state index contributed by atoms with van der Waals surface area (Å²) in [5.41, 5.74) is 5.62. The first-order valence-electron chi connectivity index (χ1n) is 7.98. The Labute approximate surface area is 140 Å². The van der Waals surface area contributed by atoms with Crippen LogP contribution in [0.3, 0.4) is 0 Å². The molecule has 0 aromatic heterocycles. The predicted molar refractivity (Wildman–Crippen MR) is 98.1 cm³/mol. The van der Waals surface area contributed by atoms with Crippen molar-refractivity contribution < 1.29 is 4.39 Å². The van der Waals surface area contributed by atoms with E-state index in [1.54, 1.807) is 13.8 Å². The summed E-state index contributed by atoms with van der Waals surface area (Å²) < 4.78 is 13.7. The first kappa shape index (κ1) is 23.4. The molecule has 0 spiro atoms. The van der Waals surface area contributed by atoms with Gasteiger partial charge in [0.15, 0.2) is 11.7 Å². The number of alkyl halides is 1. The van der Waals surface area contributed by atoms with Crippen molar-refractivity contribution in [1.82, 2.24) is 5.32 Å². The van der Waals surface area contributed by atoms with Gasteiger partial charge < -0.3 is 11.1 Å². The van der Waals surface area contributed by atoms with Crippen molar-refractivity contribution in [2.45, 2.75) is 71.5 Å². The summed E-state index contributed by atoms with van der Waals surface area (Å²) in [5.74, 6) is 0.409. The molecule has 4 unspecified atom stereocenters. The van der Waals surface area contributed by atoms with E-state index in [-0.39, 0.29) is 29.2 Å². The Balaban J connectivity index is 0. The van der Waals surface area contributed by atoms with Crippen molar-refractivity contribution in [2.24, 2.45) is 16.6 Å². The van der Waals surface area contributed by atoms with Crippen LogP contribution in [0.25, 0.3) is 0 Å². The highest BCUT2D eigenvalue weighted by Gasteiger charge is 2.24. The molecule has 0 saturated heterocycles. The summed E-state index contributed by atoms with van der Waals surface area (Å²) in [5, 5.41) is 2.84. The lowest BCUT2D eigenvalue weighted by Gasteiger charge is -2.29. The van der Waals surface area contributed by atoms with E-state index in [1.807, 2.05) is 13.8 Å². The van der Waals surface area contributed by atoms with Gasteiger partial charge in [-0.25, -0.2) is 4.39 Å². The topological polar surface area (TPSA) is 50.4 Å². The molecule has 3 N–H and O–H groups in total. The molecule has 0 aliphatic heterocycles. The van der Waals surface area contributed by atoms with E-state index in [0.717, 1.165) is 19.3 Å². The molecule has 0 heterocycles. The third-order valence-corrected chi connectivity index (χ3v) is 3.19. The zero-order valence-corrected chi connectivity index (χ0v) is 15.5. The number of nitrogens with two attached hydrogens (primary N) is 1. The van der Waals surface area contributed by atoms with E-state index in [0.29, 0.717) is 5.92 Å². The quantitative estimate of drug-likeness (QED) is 0.257. The highest BCUT2D eigenvalue weighted by atomic mass is 35.5. The molecule has 0 radical (unpaired) electrons. The summed E-state index contributed by atoms with van der Waals surface area (Å²) >= 11 is 5.84. The third-order valence-electron chi connectivity index (χ3n) is 3.08. The van der Waals surface area contributed by atoms with Crippen molar-refractivity contribution in [3.63, 3.8) is 0 Å². The number of hydrogen-bond acceptors (Lipinski definition) is 2. The lowest BCUT2D eigenvalue weighted by Crippen LogP contribution is -2.36. The molecule has 1 saturated carbocycles. The Hall–Kier alpha value is -0.870. The fourth-order valence-corrected chi connectivity index (χ4v) is 2.50. The molecule has 22 heavy (non-hydrogen) atoms. The Morgan fingerprint density at radius 1 is 1.36 bits per heavy atom. The second-order valence-corrected chi connectivity index (χ2v) is 5.76. The number of allylic oxidation sites excluding steroid dienone is 1. The predicted octanol–water partition coefficient (Wildman–Crippen LogP) is 4.78. The van der Waals surface area contributed by atoms with Crippen LogP contribution in [0.4, 0.5) is 4.39 Å². The van der Waals surface area contributed by atoms with Crippen molar-refractivity contribution >= 4 is 17.4 Å². The Kier molecular flexibility index (Phi) is 14.6. The maximum Gasteiger partial charge on any atom is 0.160 e.